The van der Waals surface area contributed by atoms with Gasteiger partial charge in [0, 0.05) is 59.3 Å². The van der Waals surface area contributed by atoms with E-state index >= 15 is 0 Å². The fourth-order valence-electron chi connectivity index (χ4n) is 8.33. The Hall–Kier alpha value is -8.37. The molecule has 16 nitrogen and oxygen atoms in total. The van der Waals surface area contributed by atoms with E-state index in [1.165, 1.54) is 12.4 Å². The van der Waals surface area contributed by atoms with E-state index in [1.54, 1.807) is 45.6 Å². The monoisotopic (exact) mass is 875 g/mol. The largest absolute Gasteiger partial charge is 0.481 e. The van der Waals surface area contributed by atoms with Gasteiger partial charge in [0.25, 0.3) is 11.1 Å². The summed E-state index contributed by atoms with van der Waals surface area (Å²) in [5.41, 5.74) is 5.87. The highest BCUT2D eigenvalue weighted by Crippen LogP contribution is 2.40. The van der Waals surface area contributed by atoms with Crippen LogP contribution in [0.3, 0.4) is 0 Å². The van der Waals surface area contributed by atoms with Crippen LogP contribution in [0.2, 0.25) is 0 Å². The van der Waals surface area contributed by atoms with Gasteiger partial charge >= 0.3 is 0 Å². The van der Waals surface area contributed by atoms with Crippen molar-refractivity contribution in [3.8, 4) is 28.1 Å². The second kappa shape index (κ2) is 18.0. The van der Waals surface area contributed by atoms with Crippen molar-refractivity contribution in [1.82, 2.24) is 44.3 Å². The number of pyridine rings is 3. The Morgan fingerprint density at radius 1 is 0.652 bits per heavy atom. The molecule has 0 bridgehead atoms. The van der Waals surface area contributed by atoms with E-state index in [2.05, 4.69) is 67.6 Å². The molecule has 0 aliphatic heterocycles. The van der Waals surface area contributed by atoms with Crippen LogP contribution in [-0.4, -0.2) is 51.4 Å². The molecule has 2 saturated carbocycles. The van der Waals surface area contributed by atoms with Gasteiger partial charge in [-0.3, -0.25) is 19.6 Å². The molecule has 2 aliphatic rings. The average Bonchev–Trinajstić information content (AvgIpc) is 4.28. The molecule has 2 atom stereocenters. The Bertz CT molecular complexity index is 3350. The van der Waals surface area contributed by atoms with Crippen LogP contribution >= 0.6 is 0 Å². The first-order valence-corrected chi connectivity index (χ1v) is 21.7. The van der Waals surface area contributed by atoms with Gasteiger partial charge in [0.15, 0.2) is 0 Å². The SMILES string of the molecule is [C-]#[N+]c1cnc(C)nc1N[C@@H](C)c1cc2cccc(-c3ccc(OC)nc3)c2c(=O)n1C1CC1.[C-]#[N+]c1cnc(C)nc1N[C@@H](C)c1cc2cccc(-c3ccnnc3)c2c(=O)n1C1CC1. The molecule has 16 heteroatoms. The van der Waals surface area contributed by atoms with Crippen LogP contribution in [0.5, 0.6) is 5.88 Å². The molecule has 10 rings (SSSR count). The van der Waals surface area contributed by atoms with Crippen LogP contribution in [0.25, 0.3) is 53.5 Å². The molecule has 0 radical (unpaired) electrons. The number of fused-ring (bicyclic) bond motifs is 2. The Labute approximate surface area is 380 Å². The van der Waals surface area contributed by atoms with Crippen LogP contribution in [0, 0.1) is 27.0 Å². The van der Waals surface area contributed by atoms with E-state index in [-0.39, 0.29) is 35.3 Å². The number of ether oxygens (including phenoxy) is 1. The van der Waals surface area contributed by atoms with Crippen molar-refractivity contribution in [3.05, 3.63) is 164 Å². The van der Waals surface area contributed by atoms with E-state index in [9.17, 15) is 9.59 Å². The van der Waals surface area contributed by atoms with E-state index in [4.69, 9.17) is 17.9 Å². The fourth-order valence-corrected chi connectivity index (χ4v) is 8.33. The van der Waals surface area contributed by atoms with Crippen molar-refractivity contribution >= 4 is 44.6 Å². The molecule has 0 unspecified atom stereocenters. The third-order valence-electron chi connectivity index (χ3n) is 11.8. The summed E-state index contributed by atoms with van der Waals surface area (Å²) in [5.74, 6) is 2.65. The van der Waals surface area contributed by atoms with Crippen LogP contribution in [0.15, 0.2) is 107 Å². The Morgan fingerprint density at radius 2 is 1.15 bits per heavy atom. The lowest BCUT2D eigenvalue weighted by Gasteiger charge is -2.22. The number of anilines is 2. The molecule has 328 valence electrons. The van der Waals surface area contributed by atoms with Crippen molar-refractivity contribution in [2.45, 2.75) is 77.5 Å². The summed E-state index contributed by atoms with van der Waals surface area (Å²) in [6.07, 6.45) is 12.0. The maximum absolute atomic E-state index is 13.9. The van der Waals surface area contributed by atoms with E-state index in [0.29, 0.717) is 51.3 Å². The summed E-state index contributed by atoms with van der Waals surface area (Å²) >= 11 is 0. The van der Waals surface area contributed by atoms with Gasteiger partial charge in [-0.2, -0.15) is 10.2 Å². The van der Waals surface area contributed by atoms with Crippen LogP contribution in [0.4, 0.5) is 23.0 Å². The minimum atomic E-state index is -0.237. The number of nitrogens with zero attached hydrogens (tertiary/aromatic N) is 11. The molecule has 0 spiro atoms. The summed E-state index contributed by atoms with van der Waals surface area (Å²) in [4.78, 5) is 56.1. The predicted octanol–water partition coefficient (Wildman–Crippen LogP) is 9.85. The summed E-state index contributed by atoms with van der Waals surface area (Å²) in [5, 5.41) is 17.6. The van der Waals surface area contributed by atoms with Crippen molar-refractivity contribution in [2.75, 3.05) is 17.7 Å². The van der Waals surface area contributed by atoms with Gasteiger partial charge in [-0.15, -0.1) is 0 Å². The number of rotatable bonds is 11. The van der Waals surface area contributed by atoms with Crippen molar-refractivity contribution < 1.29 is 4.74 Å². The minimum absolute atomic E-state index is 0.00895. The smallest absolute Gasteiger partial charge is 0.259 e. The highest BCUT2D eigenvalue weighted by atomic mass is 16.5. The lowest BCUT2D eigenvalue weighted by atomic mass is 9.99. The Balaban J connectivity index is 0.000000166. The molecule has 2 aromatic carbocycles. The number of aromatic nitrogens is 9. The van der Waals surface area contributed by atoms with Crippen LogP contribution in [-0.2, 0) is 0 Å². The topological polar surface area (TPSA) is 176 Å². The lowest BCUT2D eigenvalue weighted by molar-refractivity contribution is 0.398. The van der Waals surface area contributed by atoms with Crippen LogP contribution in [0.1, 0.15) is 86.7 Å². The van der Waals surface area contributed by atoms with Crippen molar-refractivity contribution in [1.29, 1.82) is 0 Å². The summed E-state index contributed by atoms with van der Waals surface area (Å²) in [7, 11) is 1.58. The third-order valence-corrected chi connectivity index (χ3v) is 11.8. The van der Waals surface area contributed by atoms with Crippen molar-refractivity contribution in [2.24, 2.45) is 0 Å². The standard InChI is InChI=1S/C26H24N6O2.C24H21N7O/c1-15(30-25-21(27-3)14-28-16(2)31-25)22-12-17-6-5-7-20(18-8-11-23(34-4)29-13-18)24(17)26(33)32(22)19-9-10-19;1-14(29-23-20(25-3)13-26-15(2)30-23)21-11-16-5-4-6-19(17-9-10-27-28-12-17)22(16)24(32)31(21)18-7-8-18/h5-8,11-15,19H,9-10H2,1-2,4H3,(H,28,30,31);4-6,9-14,18H,7-8H2,1-2H3,(H,26,29,30)/t15-;14-/m00/s1. The molecule has 0 amide bonds. The molecule has 2 fully saturated rings. The summed E-state index contributed by atoms with van der Waals surface area (Å²) in [6, 6.07) is 21.3. The van der Waals surface area contributed by atoms with Gasteiger partial charge in [-0.05, 0) is 99.5 Å². The molecule has 66 heavy (non-hydrogen) atoms. The van der Waals surface area contributed by atoms with Gasteiger partial charge in [0.1, 0.15) is 23.3 Å². The zero-order valence-electron chi connectivity index (χ0n) is 37.0. The van der Waals surface area contributed by atoms with Gasteiger partial charge in [0.05, 0.1) is 55.5 Å². The average molecular weight is 876 g/mol. The third kappa shape index (κ3) is 8.52. The number of hydrogen-bond acceptors (Lipinski definition) is 12. The predicted molar refractivity (Wildman–Crippen MR) is 254 cm³/mol. The minimum Gasteiger partial charge on any atom is -0.481 e. The first-order chi connectivity index (χ1) is 32.1. The molecule has 6 aromatic heterocycles. The number of benzene rings is 2. The van der Waals surface area contributed by atoms with Gasteiger partial charge < -0.3 is 24.5 Å². The molecule has 8 aromatic rings. The van der Waals surface area contributed by atoms with Gasteiger partial charge in [-0.1, -0.05) is 36.4 Å². The maximum atomic E-state index is 13.9. The molecular weight excluding hydrogens is 831 g/mol. The first-order valence-electron chi connectivity index (χ1n) is 21.7. The van der Waals surface area contributed by atoms with Gasteiger partial charge in [0.2, 0.25) is 17.3 Å². The summed E-state index contributed by atoms with van der Waals surface area (Å²) in [6.45, 7) is 22.4. The first kappa shape index (κ1) is 42.9. The zero-order chi connectivity index (χ0) is 46.1. The molecular formula is C50H45N13O3. The molecule has 2 aliphatic carbocycles. The highest BCUT2D eigenvalue weighted by Gasteiger charge is 2.31. The number of nitrogens with one attached hydrogen (secondary N) is 2. The number of aryl methyl sites for hydroxylation is 2. The molecule has 6 heterocycles. The molecule has 2 N–H and O–H groups in total. The number of methoxy groups -OCH3 is 1. The quantitative estimate of drug-likeness (QED) is 0.118. The summed E-state index contributed by atoms with van der Waals surface area (Å²) < 4.78 is 8.99. The zero-order valence-corrected chi connectivity index (χ0v) is 37.0. The van der Waals surface area contributed by atoms with E-state index < -0.39 is 0 Å². The fraction of sp³-hybridized carbons (Fsp3) is 0.260. The second-order valence-electron chi connectivity index (χ2n) is 16.5. The van der Waals surface area contributed by atoms with E-state index in [0.717, 1.165) is 70.1 Å². The van der Waals surface area contributed by atoms with Crippen molar-refractivity contribution in [3.63, 3.8) is 0 Å². The second-order valence-corrected chi connectivity index (χ2v) is 16.5. The lowest BCUT2D eigenvalue weighted by Crippen LogP contribution is -2.26. The van der Waals surface area contributed by atoms with Crippen LogP contribution < -0.4 is 26.5 Å². The normalized spacial score (nSPS) is 14.0. The van der Waals surface area contributed by atoms with E-state index in [1.807, 2.05) is 71.5 Å². The Morgan fingerprint density at radius 3 is 1.56 bits per heavy atom. The van der Waals surface area contributed by atoms with Gasteiger partial charge in [-0.25, -0.2) is 24.6 Å². The maximum Gasteiger partial charge on any atom is 0.259 e. The Kier molecular flexibility index (Phi) is 11.7. The molecule has 0 saturated heterocycles. The highest BCUT2D eigenvalue weighted by molar-refractivity contribution is 5.97. The number of hydrogen-bond donors (Lipinski definition) is 2.